The Balaban J connectivity index is 1.82. The van der Waals surface area contributed by atoms with Crippen LogP contribution in [0.25, 0.3) is 0 Å². The molecule has 4 nitrogen and oxygen atoms in total. The lowest BCUT2D eigenvalue weighted by Gasteiger charge is -2.18. The first-order valence-corrected chi connectivity index (χ1v) is 6.37. The number of aliphatic hydroxyl groups is 1. The third-order valence-electron chi connectivity index (χ3n) is 3.87. The Morgan fingerprint density at radius 3 is 2.88 bits per heavy atom. The van der Waals surface area contributed by atoms with Gasteiger partial charge in [-0.15, -0.1) is 0 Å². The van der Waals surface area contributed by atoms with E-state index in [1.54, 1.807) is 6.92 Å². The zero-order valence-corrected chi connectivity index (χ0v) is 10.4. The average Bonchev–Trinajstić information content (AvgIpc) is 2.82. The molecule has 2 rings (SSSR count). The Bertz CT molecular complexity index is 316. The Hall–Kier alpha value is -0.870. The Labute approximate surface area is 102 Å². The Morgan fingerprint density at radius 2 is 2.24 bits per heavy atom. The van der Waals surface area contributed by atoms with Crippen molar-refractivity contribution in [2.75, 3.05) is 26.2 Å². The summed E-state index contributed by atoms with van der Waals surface area (Å²) in [6, 6.07) is 0. The van der Waals surface area contributed by atoms with Crippen molar-refractivity contribution in [1.29, 1.82) is 0 Å². The molecule has 1 saturated heterocycles. The fourth-order valence-electron chi connectivity index (χ4n) is 3.03. The standard InChI is InChI=1S/C13H21NO3/c1-3-17-13(16)9(2)6-14-7-10-4-5-12(15)11(10)8-14/h10-12,15H,2-8H2,1H3. The maximum atomic E-state index is 11.4. The van der Waals surface area contributed by atoms with Gasteiger partial charge in [0, 0.05) is 31.1 Å². The van der Waals surface area contributed by atoms with Crippen LogP contribution in [0, 0.1) is 11.8 Å². The normalized spacial score (nSPS) is 32.5. The molecule has 96 valence electrons. The zero-order valence-electron chi connectivity index (χ0n) is 10.4. The van der Waals surface area contributed by atoms with Crippen LogP contribution < -0.4 is 0 Å². The summed E-state index contributed by atoms with van der Waals surface area (Å²) >= 11 is 0. The van der Waals surface area contributed by atoms with Crippen molar-refractivity contribution >= 4 is 5.97 Å². The number of carbonyl (C=O) groups is 1. The second-order valence-corrected chi connectivity index (χ2v) is 5.09. The molecule has 0 bridgehead atoms. The smallest absolute Gasteiger partial charge is 0.334 e. The van der Waals surface area contributed by atoms with Crippen LogP contribution in [0.2, 0.25) is 0 Å². The number of carbonyl (C=O) groups excluding carboxylic acids is 1. The number of aliphatic hydroxyl groups excluding tert-OH is 1. The molecule has 2 fully saturated rings. The van der Waals surface area contributed by atoms with Gasteiger partial charge in [0.1, 0.15) is 0 Å². The summed E-state index contributed by atoms with van der Waals surface area (Å²) < 4.78 is 4.91. The number of fused-ring (bicyclic) bond motifs is 1. The van der Waals surface area contributed by atoms with Crippen molar-refractivity contribution in [1.82, 2.24) is 4.90 Å². The molecule has 0 radical (unpaired) electrons. The molecule has 3 unspecified atom stereocenters. The van der Waals surface area contributed by atoms with Gasteiger partial charge in [-0.1, -0.05) is 6.58 Å². The topological polar surface area (TPSA) is 49.8 Å². The third-order valence-corrected chi connectivity index (χ3v) is 3.87. The number of ether oxygens (including phenoxy) is 1. The van der Waals surface area contributed by atoms with E-state index in [-0.39, 0.29) is 12.1 Å². The molecular weight excluding hydrogens is 218 g/mol. The lowest BCUT2D eigenvalue weighted by Crippen LogP contribution is -2.28. The quantitative estimate of drug-likeness (QED) is 0.582. The molecule has 1 aliphatic heterocycles. The highest BCUT2D eigenvalue weighted by atomic mass is 16.5. The number of hydrogen-bond acceptors (Lipinski definition) is 4. The van der Waals surface area contributed by atoms with Crippen molar-refractivity contribution < 1.29 is 14.6 Å². The van der Waals surface area contributed by atoms with E-state index in [1.165, 1.54) is 0 Å². The molecule has 1 saturated carbocycles. The van der Waals surface area contributed by atoms with Crippen molar-refractivity contribution in [3.63, 3.8) is 0 Å². The van der Waals surface area contributed by atoms with E-state index < -0.39 is 0 Å². The van der Waals surface area contributed by atoms with Gasteiger partial charge in [-0.25, -0.2) is 4.79 Å². The first-order valence-electron chi connectivity index (χ1n) is 6.37. The minimum atomic E-state index is -0.301. The average molecular weight is 239 g/mol. The second kappa shape index (κ2) is 5.19. The highest BCUT2D eigenvalue weighted by Gasteiger charge is 2.41. The van der Waals surface area contributed by atoms with Gasteiger partial charge in [0.05, 0.1) is 12.7 Å². The molecule has 1 heterocycles. The van der Waals surface area contributed by atoms with Crippen LogP contribution in [0.4, 0.5) is 0 Å². The molecule has 0 spiro atoms. The Morgan fingerprint density at radius 1 is 1.47 bits per heavy atom. The Kier molecular flexibility index (Phi) is 3.84. The van der Waals surface area contributed by atoms with Gasteiger partial charge in [-0.05, 0) is 25.7 Å². The van der Waals surface area contributed by atoms with E-state index in [4.69, 9.17) is 4.74 Å². The summed E-state index contributed by atoms with van der Waals surface area (Å²) in [4.78, 5) is 13.6. The molecular formula is C13H21NO3. The van der Waals surface area contributed by atoms with Gasteiger partial charge < -0.3 is 9.84 Å². The summed E-state index contributed by atoms with van der Waals surface area (Å²) in [7, 11) is 0. The minimum Gasteiger partial charge on any atom is -0.463 e. The fraction of sp³-hybridized carbons (Fsp3) is 0.769. The van der Waals surface area contributed by atoms with Crippen LogP contribution >= 0.6 is 0 Å². The van der Waals surface area contributed by atoms with Crippen molar-refractivity contribution in [3.05, 3.63) is 12.2 Å². The van der Waals surface area contributed by atoms with Crippen molar-refractivity contribution in [2.24, 2.45) is 11.8 Å². The van der Waals surface area contributed by atoms with E-state index in [0.29, 0.717) is 30.6 Å². The first kappa shape index (κ1) is 12.6. The van der Waals surface area contributed by atoms with Crippen LogP contribution in [0.3, 0.4) is 0 Å². The number of nitrogens with zero attached hydrogens (tertiary/aromatic N) is 1. The monoisotopic (exact) mass is 239 g/mol. The van der Waals surface area contributed by atoms with E-state index in [2.05, 4.69) is 11.5 Å². The van der Waals surface area contributed by atoms with Crippen LogP contribution in [0.1, 0.15) is 19.8 Å². The van der Waals surface area contributed by atoms with Crippen LogP contribution in [-0.2, 0) is 9.53 Å². The molecule has 2 aliphatic rings. The molecule has 4 heteroatoms. The van der Waals surface area contributed by atoms with Crippen molar-refractivity contribution in [3.8, 4) is 0 Å². The summed E-state index contributed by atoms with van der Waals surface area (Å²) in [6.07, 6.45) is 1.89. The molecule has 17 heavy (non-hydrogen) atoms. The van der Waals surface area contributed by atoms with Crippen molar-refractivity contribution in [2.45, 2.75) is 25.9 Å². The van der Waals surface area contributed by atoms with Gasteiger partial charge >= 0.3 is 5.97 Å². The van der Waals surface area contributed by atoms with E-state index in [9.17, 15) is 9.90 Å². The number of likely N-dealkylation sites (tertiary alicyclic amines) is 1. The summed E-state index contributed by atoms with van der Waals surface area (Å²) in [6.45, 7) is 8.37. The predicted molar refractivity (Wildman–Crippen MR) is 64.4 cm³/mol. The summed E-state index contributed by atoms with van der Waals surface area (Å²) in [5.41, 5.74) is 0.515. The van der Waals surface area contributed by atoms with E-state index in [0.717, 1.165) is 25.9 Å². The van der Waals surface area contributed by atoms with Crippen LogP contribution in [-0.4, -0.2) is 48.3 Å². The number of hydrogen-bond donors (Lipinski definition) is 1. The molecule has 1 aliphatic carbocycles. The summed E-state index contributed by atoms with van der Waals surface area (Å²) in [5.74, 6) is 0.690. The molecule has 3 atom stereocenters. The molecule has 0 aromatic rings. The van der Waals surface area contributed by atoms with Gasteiger partial charge in [-0.3, -0.25) is 4.90 Å². The molecule has 0 aromatic carbocycles. The second-order valence-electron chi connectivity index (χ2n) is 5.09. The van der Waals surface area contributed by atoms with Gasteiger partial charge in [-0.2, -0.15) is 0 Å². The highest BCUT2D eigenvalue weighted by Crippen LogP contribution is 2.38. The molecule has 1 N–H and O–H groups in total. The van der Waals surface area contributed by atoms with E-state index in [1.807, 2.05) is 0 Å². The SMILES string of the molecule is C=C(CN1CC2CCC(O)C2C1)C(=O)OCC. The fourth-order valence-corrected chi connectivity index (χ4v) is 3.03. The lowest BCUT2D eigenvalue weighted by atomic mass is 10.00. The first-order chi connectivity index (χ1) is 8.11. The van der Waals surface area contributed by atoms with Gasteiger partial charge in [0.2, 0.25) is 0 Å². The molecule has 0 amide bonds. The number of esters is 1. The van der Waals surface area contributed by atoms with Gasteiger partial charge in [0.15, 0.2) is 0 Å². The highest BCUT2D eigenvalue weighted by molar-refractivity contribution is 5.88. The van der Waals surface area contributed by atoms with Crippen LogP contribution in [0.15, 0.2) is 12.2 Å². The summed E-state index contributed by atoms with van der Waals surface area (Å²) in [5, 5.41) is 9.80. The lowest BCUT2D eigenvalue weighted by molar-refractivity contribution is -0.138. The predicted octanol–water partition coefficient (Wildman–Crippen LogP) is 0.808. The zero-order chi connectivity index (χ0) is 12.4. The minimum absolute atomic E-state index is 0.152. The maximum absolute atomic E-state index is 11.4. The van der Waals surface area contributed by atoms with Gasteiger partial charge in [0.25, 0.3) is 0 Å². The third kappa shape index (κ3) is 2.69. The van der Waals surface area contributed by atoms with E-state index >= 15 is 0 Å². The maximum Gasteiger partial charge on any atom is 0.334 e. The largest absolute Gasteiger partial charge is 0.463 e. The number of rotatable bonds is 4. The van der Waals surface area contributed by atoms with Crippen LogP contribution in [0.5, 0.6) is 0 Å². The molecule has 0 aromatic heterocycles.